The highest BCUT2D eigenvalue weighted by atomic mass is 32.2. The molecule has 3 rings (SSSR count). The number of nitrogen functional groups attached to an aromatic ring is 1. The Balaban J connectivity index is 2.50. The summed E-state index contributed by atoms with van der Waals surface area (Å²) in [5.41, 5.74) is 8.71. The van der Waals surface area contributed by atoms with Crippen molar-refractivity contribution in [2.24, 2.45) is 0 Å². The Morgan fingerprint density at radius 2 is 1.83 bits per heavy atom. The average molecular weight is 254 g/mol. The predicted octanol–water partition coefficient (Wildman–Crippen LogP) is 4.08. The lowest BCUT2D eigenvalue weighted by atomic mass is 10.1. The molecular formula is C15H14N2S. The number of pyridine rings is 1. The monoisotopic (exact) mass is 254 g/mol. The molecule has 0 aliphatic rings. The summed E-state index contributed by atoms with van der Waals surface area (Å²) >= 11 is 1.85. The number of thioether (sulfide) groups is 1. The summed E-state index contributed by atoms with van der Waals surface area (Å²) in [5.74, 6) is 1.04. The van der Waals surface area contributed by atoms with Crippen LogP contribution in [-0.2, 0) is 0 Å². The van der Waals surface area contributed by atoms with Crippen molar-refractivity contribution in [2.45, 2.75) is 11.8 Å². The van der Waals surface area contributed by atoms with Crippen LogP contribution in [0.15, 0.2) is 47.4 Å². The highest BCUT2D eigenvalue weighted by Gasteiger charge is 2.10. The molecule has 0 saturated heterocycles. The molecule has 2 N–H and O–H groups in total. The third kappa shape index (κ3) is 1.71. The molecule has 0 aliphatic carbocycles. The SMILES string of the molecule is CCSc1c2ccccc2nc2c(N)cccc12. The number of anilines is 1. The van der Waals surface area contributed by atoms with Crippen LogP contribution in [0.25, 0.3) is 21.8 Å². The van der Waals surface area contributed by atoms with Crippen LogP contribution < -0.4 is 5.73 Å². The van der Waals surface area contributed by atoms with Crippen LogP contribution in [0.5, 0.6) is 0 Å². The van der Waals surface area contributed by atoms with Crippen molar-refractivity contribution in [1.82, 2.24) is 4.98 Å². The van der Waals surface area contributed by atoms with Gasteiger partial charge in [0.25, 0.3) is 0 Å². The van der Waals surface area contributed by atoms with Crippen molar-refractivity contribution in [3.05, 3.63) is 42.5 Å². The normalized spacial score (nSPS) is 11.2. The quantitative estimate of drug-likeness (QED) is 0.425. The Bertz CT molecular complexity index is 722. The Labute approximate surface area is 110 Å². The number of nitrogens with two attached hydrogens (primary N) is 1. The number of nitrogens with zero attached hydrogens (tertiary/aromatic N) is 1. The van der Waals surface area contributed by atoms with Crippen LogP contribution >= 0.6 is 11.8 Å². The first-order chi connectivity index (χ1) is 8.81. The number of aromatic nitrogens is 1. The molecule has 18 heavy (non-hydrogen) atoms. The summed E-state index contributed by atoms with van der Waals surface area (Å²) < 4.78 is 0. The third-order valence-corrected chi connectivity index (χ3v) is 4.00. The number of benzene rings is 2. The molecule has 0 aliphatic heterocycles. The molecule has 90 valence electrons. The van der Waals surface area contributed by atoms with Gasteiger partial charge in [0.15, 0.2) is 0 Å². The van der Waals surface area contributed by atoms with Crippen LogP contribution in [0.3, 0.4) is 0 Å². The summed E-state index contributed by atoms with van der Waals surface area (Å²) in [4.78, 5) is 5.96. The second kappa shape index (κ2) is 4.50. The fourth-order valence-electron chi connectivity index (χ4n) is 2.20. The Hall–Kier alpha value is -1.74. The molecule has 3 aromatic rings. The van der Waals surface area contributed by atoms with E-state index in [4.69, 9.17) is 5.73 Å². The van der Waals surface area contributed by atoms with E-state index in [0.29, 0.717) is 0 Å². The summed E-state index contributed by atoms with van der Waals surface area (Å²) in [7, 11) is 0. The first-order valence-corrected chi connectivity index (χ1v) is 6.99. The van der Waals surface area contributed by atoms with Crippen molar-refractivity contribution in [1.29, 1.82) is 0 Å². The number of hydrogen-bond acceptors (Lipinski definition) is 3. The van der Waals surface area contributed by atoms with Crippen LogP contribution in [0.4, 0.5) is 5.69 Å². The molecule has 0 saturated carbocycles. The lowest BCUT2D eigenvalue weighted by Crippen LogP contribution is -1.92. The van der Waals surface area contributed by atoms with E-state index < -0.39 is 0 Å². The second-order valence-electron chi connectivity index (χ2n) is 4.13. The maximum absolute atomic E-state index is 6.04. The van der Waals surface area contributed by atoms with Gasteiger partial charge in [-0.2, -0.15) is 0 Å². The predicted molar refractivity (Wildman–Crippen MR) is 80.1 cm³/mol. The first kappa shape index (κ1) is 11.4. The van der Waals surface area contributed by atoms with Gasteiger partial charge in [-0.15, -0.1) is 11.8 Å². The molecule has 1 aromatic heterocycles. The van der Waals surface area contributed by atoms with Gasteiger partial charge in [-0.1, -0.05) is 37.3 Å². The van der Waals surface area contributed by atoms with Gasteiger partial charge in [-0.3, -0.25) is 0 Å². The highest BCUT2D eigenvalue weighted by Crippen LogP contribution is 2.35. The summed E-state index contributed by atoms with van der Waals surface area (Å²) in [6.07, 6.45) is 0. The highest BCUT2D eigenvalue weighted by molar-refractivity contribution is 7.99. The van der Waals surface area contributed by atoms with Crippen LogP contribution in [0, 0.1) is 0 Å². The summed E-state index contributed by atoms with van der Waals surface area (Å²) in [5, 5.41) is 2.36. The van der Waals surface area contributed by atoms with Crippen LogP contribution in [-0.4, -0.2) is 10.7 Å². The van der Waals surface area contributed by atoms with Crippen molar-refractivity contribution in [3.63, 3.8) is 0 Å². The number of fused-ring (bicyclic) bond motifs is 2. The molecule has 1 heterocycles. The second-order valence-corrected chi connectivity index (χ2v) is 5.41. The van der Waals surface area contributed by atoms with Gasteiger partial charge in [0.05, 0.1) is 16.7 Å². The van der Waals surface area contributed by atoms with E-state index in [0.717, 1.165) is 27.9 Å². The molecule has 3 heteroatoms. The lowest BCUT2D eigenvalue weighted by molar-refractivity contribution is 1.44. The fourth-order valence-corrected chi connectivity index (χ4v) is 3.13. The van der Waals surface area contributed by atoms with Gasteiger partial charge in [-0.05, 0) is 17.9 Å². The van der Waals surface area contributed by atoms with Gasteiger partial charge < -0.3 is 5.73 Å². The van der Waals surface area contributed by atoms with Gasteiger partial charge in [0, 0.05) is 15.7 Å². The molecule has 0 atom stereocenters. The zero-order valence-corrected chi connectivity index (χ0v) is 11.0. The van der Waals surface area contributed by atoms with Crippen molar-refractivity contribution in [2.75, 3.05) is 11.5 Å². The van der Waals surface area contributed by atoms with Crippen LogP contribution in [0.1, 0.15) is 6.92 Å². The van der Waals surface area contributed by atoms with Crippen LogP contribution in [0.2, 0.25) is 0 Å². The number of para-hydroxylation sites is 2. The smallest absolute Gasteiger partial charge is 0.0950 e. The largest absolute Gasteiger partial charge is 0.397 e. The van der Waals surface area contributed by atoms with Gasteiger partial charge in [0.1, 0.15) is 0 Å². The van der Waals surface area contributed by atoms with Gasteiger partial charge >= 0.3 is 0 Å². The van der Waals surface area contributed by atoms with Crippen molar-refractivity contribution in [3.8, 4) is 0 Å². The minimum absolute atomic E-state index is 0.746. The minimum atomic E-state index is 0.746. The molecular weight excluding hydrogens is 240 g/mol. The molecule has 0 unspecified atom stereocenters. The van der Waals surface area contributed by atoms with Gasteiger partial charge in [0.2, 0.25) is 0 Å². The Morgan fingerprint density at radius 1 is 1.06 bits per heavy atom. The third-order valence-electron chi connectivity index (χ3n) is 2.98. The molecule has 0 amide bonds. The maximum atomic E-state index is 6.04. The topological polar surface area (TPSA) is 38.9 Å². The van der Waals surface area contributed by atoms with E-state index in [1.165, 1.54) is 10.3 Å². The number of hydrogen-bond donors (Lipinski definition) is 1. The average Bonchev–Trinajstić information content (AvgIpc) is 2.40. The first-order valence-electron chi connectivity index (χ1n) is 6.01. The molecule has 2 aromatic carbocycles. The maximum Gasteiger partial charge on any atom is 0.0950 e. The Morgan fingerprint density at radius 3 is 2.67 bits per heavy atom. The number of rotatable bonds is 2. The fraction of sp³-hybridized carbons (Fsp3) is 0.133. The van der Waals surface area contributed by atoms with E-state index in [-0.39, 0.29) is 0 Å². The van der Waals surface area contributed by atoms with E-state index >= 15 is 0 Å². The van der Waals surface area contributed by atoms with E-state index in [9.17, 15) is 0 Å². The zero-order chi connectivity index (χ0) is 12.5. The van der Waals surface area contributed by atoms with Crippen molar-refractivity contribution >= 4 is 39.3 Å². The lowest BCUT2D eigenvalue weighted by Gasteiger charge is -2.10. The molecule has 2 nitrogen and oxygen atoms in total. The molecule has 0 fully saturated rings. The minimum Gasteiger partial charge on any atom is -0.397 e. The molecule has 0 spiro atoms. The van der Waals surface area contributed by atoms with Crippen molar-refractivity contribution < 1.29 is 0 Å². The van der Waals surface area contributed by atoms with E-state index in [2.05, 4.69) is 30.1 Å². The summed E-state index contributed by atoms with van der Waals surface area (Å²) in [6.45, 7) is 2.16. The zero-order valence-electron chi connectivity index (χ0n) is 10.2. The van der Waals surface area contributed by atoms with E-state index in [1.54, 1.807) is 0 Å². The molecule has 0 bridgehead atoms. The standard InChI is InChI=1S/C15H14N2S/c1-2-18-15-10-6-3-4-9-13(10)17-14-11(15)7-5-8-12(14)16/h3-9H,2,16H2,1H3. The molecule has 0 radical (unpaired) electrons. The summed E-state index contributed by atoms with van der Waals surface area (Å²) in [6, 6.07) is 14.2. The van der Waals surface area contributed by atoms with E-state index in [1.807, 2.05) is 36.0 Å². The van der Waals surface area contributed by atoms with Gasteiger partial charge in [-0.25, -0.2) is 4.98 Å². The Kier molecular flexibility index (Phi) is 2.84.